The minimum absolute atomic E-state index is 0.0748. The maximum absolute atomic E-state index is 12.6. The highest BCUT2D eigenvalue weighted by Gasteiger charge is 2.26. The van der Waals surface area contributed by atoms with Crippen molar-refractivity contribution in [2.24, 2.45) is 5.73 Å². The summed E-state index contributed by atoms with van der Waals surface area (Å²) in [4.78, 5) is 44.1. The molecule has 0 radical (unpaired) electrons. The second-order valence-electron chi connectivity index (χ2n) is 7.76. The summed E-state index contributed by atoms with van der Waals surface area (Å²) in [5, 5.41) is 16.3. The first-order chi connectivity index (χ1) is 17.0. The van der Waals surface area contributed by atoms with Crippen LogP contribution in [0.2, 0.25) is 0 Å². The molecule has 14 nitrogen and oxygen atoms in total. The minimum Gasteiger partial charge on any atom is -0.493 e. The van der Waals surface area contributed by atoms with E-state index in [9.17, 15) is 14.4 Å². The molecule has 196 valence electrons. The van der Waals surface area contributed by atoms with Gasteiger partial charge in [0.25, 0.3) is 5.91 Å². The summed E-state index contributed by atoms with van der Waals surface area (Å²) in [6, 6.07) is 1.40. The van der Waals surface area contributed by atoms with Crippen molar-refractivity contribution in [3.05, 3.63) is 29.5 Å². The molecule has 0 aliphatic heterocycles. The number of nitrogen functional groups attached to an aromatic ring is 1. The minimum atomic E-state index is -1.41. The van der Waals surface area contributed by atoms with Gasteiger partial charge in [-0.2, -0.15) is 4.98 Å². The number of ether oxygens (including phenoxy) is 3. The van der Waals surface area contributed by atoms with E-state index >= 15 is 0 Å². The van der Waals surface area contributed by atoms with Crippen LogP contribution >= 0.6 is 0 Å². The Labute approximate surface area is 207 Å². The number of nitrogens with two attached hydrogens (primary N) is 2. The number of amides is 2. The smallest absolute Gasteiger partial charge is 0.325 e. The normalized spacial score (nSPS) is 13.1. The molecule has 36 heavy (non-hydrogen) atoms. The van der Waals surface area contributed by atoms with Crippen molar-refractivity contribution < 1.29 is 33.7 Å². The van der Waals surface area contributed by atoms with E-state index in [1.54, 1.807) is 12.1 Å². The fourth-order valence-corrected chi connectivity index (χ4v) is 3.01. The molecular weight excluding hydrogens is 474 g/mol. The molecule has 14 heteroatoms. The van der Waals surface area contributed by atoms with Gasteiger partial charge in [-0.3, -0.25) is 14.4 Å². The van der Waals surface area contributed by atoms with E-state index in [1.807, 2.05) is 0 Å². The second-order valence-corrected chi connectivity index (χ2v) is 7.76. The third kappa shape index (κ3) is 7.09. The molecule has 1 heterocycles. The molecule has 0 fully saturated rings. The number of benzene rings is 1. The number of methoxy groups -OCH3 is 3. The van der Waals surface area contributed by atoms with Gasteiger partial charge in [0.15, 0.2) is 17.7 Å². The summed E-state index contributed by atoms with van der Waals surface area (Å²) < 4.78 is 16.1. The number of hydrogen-bond donors (Lipinski definition) is 6. The fraction of sp³-hybridized carbons (Fsp3) is 0.409. The number of nitrogens with zero attached hydrogens (tertiary/aromatic N) is 2. The van der Waals surface area contributed by atoms with Crippen LogP contribution in [0.4, 0.5) is 11.8 Å². The van der Waals surface area contributed by atoms with Crippen LogP contribution in [0.1, 0.15) is 25.0 Å². The van der Waals surface area contributed by atoms with Gasteiger partial charge in [0.1, 0.15) is 11.9 Å². The van der Waals surface area contributed by atoms with Crippen molar-refractivity contribution in [3.8, 4) is 17.2 Å². The highest BCUT2D eigenvalue weighted by molar-refractivity contribution is 5.92. The highest BCUT2D eigenvalue weighted by atomic mass is 16.5. The quantitative estimate of drug-likeness (QED) is 0.201. The average Bonchev–Trinajstić information content (AvgIpc) is 2.84. The van der Waals surface area contributed by atoms with Gasteiger partial charge in [-0.15, -0.1) is 0 Å². The molecule has 1 aromatic heterocycles. The number of carboxylic acid groups (broad SMARTS) is 1. The number of anilines is 2. The van der Waals surface area contributed by atoms with Gasteiger partial charge >= 0.3 is 5.97 Å². The number of hydrogen-bond acceptors (Lipinski definition) is 11. The molecule has 3 atom stereocenters. The predicted molar refractivity (Wildman–Crippen MR) is 130 cm³/mol. The molecule has 2 amide bonds. The Morgan fingerprint density at radius 2 is 1.64 bits per heavy atom. The number of aromatic nitrogens is 2. The second kappa shape index (κ2) is 12.4. The number of carbonyl (C=O) groups excluding carboxylic acids is 2. The number of aliphatic carboxylic acids is 1. The van der Waals surface area contributed by atoms with E-state index in [4.69, 9.17) is 30.8 Å². The first kappa shape index (κ1) is 27.9. The standard InChI is InChI=1S/C22H31N7O7/c1-10(23)19(30)28-18(20(31)26-11(2)21(32)33)29-22-25-9-13(17(24)27-22)6-12-7-14(34-3)16(36-5)15(8-12)35-4/h7-11,18H,6,23H2,1-5H3,(H,26,31)(H,28,30)(H,32,33)(H3,24,25,27,29)/t10-,11-,18+/m0/s1. The van der Waals surface area contributed by atoms with E-state index in [1.165, 1.54) is 41.4 Å². The van der Waals surface area contributed by atoms with Gasteiger partial charge in [0.05, 0.1) is 27.4 Å². The zero-order chi connectivity index (χ0) is 27.0. The number of rotatable bonds is 12. The molecular formula is C22H31N7O7. The molecule has 0 saturated carbocycles. The van der Waals surface area contributed by atoms with Crippen LogP contribution in [0.25, 0.3) is 0 Å². The first-order valence-corrected chi connectivity index (χ1v) is 10.8. The SMILES string of the molecule is COc1cc(Cc2cnc(N[C@@H](NC(=O)[C@H](C)N)C(=O)N[C@@H](C)C(=O)O)nc2N)cc(OC)c1OC. The molecule has 8 N–H and O–H groups in total. The first-order valence-electron chi connectivity index (χ1n) is 10.8. The number of carbonyl (C=O) groups is 3. The van der Waals surface area contributed by atoms with E-state index in [0.717, 1.165) is 5.56 Å². The Morgan fingerprint density at radius 3 is 2.11 bits per heavy atom. The molecule has 0 aliphatic carbocycles. The van der Waals surface area contributed by atoms with E-state index in [2.05, 4.69) is 25.9 Å². The van der Waals surface area contributed by atoms with Crippen molar-refractivity contribution >= 4 is 29.5 Å². The molecule has 2 aromatic rings. The number of nitrogens with one attached hydrogen (secondary N) is 3. The zero-order valence-corrected chi connectivity index (χ0v) is 20.6. The third-order valence-corrected chi connectivity index (χ3v) is 4.98. The molecule has 0 spiro atoms. The number of carboxylic acids is 1. The van der Waals surface area contributed by atoms with E-state index in [-0.39, 0.29) is 11.8 Å². The lowest BCUT2D eigenvalue weighted by Crippen LogP contribution is -2.56. The van der Waals surface area contributed by atoms with Gasteiger partial charge in [-0.25, -0.2) is 4.98 Å². The Morgan fingerprint density at radius 1 is 1.03 bits per heavy atom. The molecule has 0 unspecified atom stereocenters. The van der Waals surface area contributed by atoms with Gasteiger partial charge in [0.2, 0.25) is 17.6 Å². The van der Waals surface area contributed by atoms with Crippen molar-refractivity contribution in [1.82, 2.24) is 20.6 Å². The molecule has 0 bridgehead atoms. The van der Waals surface area contributed by atoms with Gasteiger partial charge in [-0.05, 0) is 31.5 Å². The van der Waals surface area contributed by atoms with Gasteiger partial charge < -0.3 is 46.7 Å². The summed E-state index contributed by atoms with van der Waals surface area (Å²) >= 11 is 0. The topological polar surface area (TPSA) is 213 Å². The van der Waals surface area contributed by atoms with Crippen LogP contribution in [0, 0.1) is 0 Å². The van der Waals surface area contributed by atoms with Crippen molar-refractivity contribution in [2.75, 3.05) is 32.4 Å². The van der Waals surface area contributed by atoms with Crippen LogP contribution in [0.15, 0.2) is 18.3 Å². The molecule has 0 saturated heterocycles. The lowest BCUT2D eigenvalue weighted by molar-refractivity contribution is -0.141. The maximum Gasteiger partial charge on any atom is 0.325 e. The third-order valence-electron chi connectivity index (χ3n) is 4.98. The monoisotopic (exact) mass is 505 g/mol. The van der Waals surface area contributed by atoms with Crippen LogP contribution in [-0.4, -0.2) is 72.4 Å². The lowest BCUT2D eigenvalue weighted by Gasteiger charge is -2.22. The van der Waals surface area contributed by atoms with Crippen LogP contribution in [-0.2, 0) is 20.8 Å². The Balaban J connectivity index is 2.27. The lowest BCUT2D eigenvalue weighted by atomic mass is 10.1. The van der Waals surface area contributed by atoms with E-state index < -0.39 is 36.0 Å². The summed E-state index contributed by atoms with van der Waals surface area (Å²) in [5.74, 6) is -1.31. The molecule has 2 rings (SSSR count). The molecule has 1 aromatic carbocycles. The van der Waals surface area contributed by atoms with Crippen molar-refractivity contribution in [1.29, 1.82) is 0 Å². The molecule has 0 aliphatic rings. The highest BCUT2D eigenvalue weighted by Crippen LogP contribution is 2.38. The Hall–Kier alpha value is -4.33. The average molecular weight is 506 g/mol. The fourth-order valence-electron chi connectivity index (χ4n) is 3.01. The summed E-state index contributed by atoms with van der Waals surface area (Å²) in [7, 11) is 4.52. The van der Waals surface area contributed by atoms with Crippen LogP contribution in [0.3, 0.4) is 0 Å². The zero-order valence-electron chi connectivity index (χ0n) is 20.6. The van der Waals surface area contributed by atoms with E-state index in [0.29, 0.717) is 29.2 Å². The predicted octanol–water partition coefficient (Wildman–Crippen LogP) is -0.534. The van der Waals surface area contributed by atoms with Crippen molar-refractivity contribution in [2.45, 2.75) is 38.5 Å². The van der Waals surface area contributed by atoms with Crippen molar-refractivity contribution in [3.63, 3.8) is 0 Å². The summed E-state index contributed by atoms with van der Waals surface area (Å²) in [6.07, 6.45) is 0.367. The van der Waals surface area contributed by atoms with Gasteiger partial charge in [-0.1, -0.05) is 0 Å². The summed E-state index contributed by atoms with van der Waals surface area (Å²) in [5.41, 5.74) is 13.0. The summed E-state index contributed by atoms with van der Waals surface area (Å²) in [6.45, 7) is 2.70. The largest absolute Gasteiger partial charge is 0.493 e. The maximum atomic E-state index is 12.6. The van der Waals surface area contributed by atoms with Crippen LogP contribution < -0.4 is 41.6 Å². The van der Waals surface area contributed by atoms with Gasteiger partial charge in [0, 0.05) is 18.2 Å². The Kier molecular flexibility index (Phi) is 9.61. The van der Waals surface area contributed by atoms with Crippen LogP contribution in [0.5, 0.6) is 17.2 Å². The Bertz CT molecular complexity index is 1090.